The van der Waals surface area contributed by atoms with E-state index < -0.39 is 0 Å². The van der Waals surface area contributed by atoms with Crippen LogP contribution in [-0.2, 0) is 17.7 Å². The second kappa shape index (κ2) is 10.2. The van der Waals surface area contributed by atoms with Gasteiger partial charge in [0.05, 0.1) is 24.9 Å². The molecule has 0 aliphatic carbocycles. The quantitative estimate of drug-likeness (QED) is 0.552. The van der Waals surface area contributed by atoms with Crippen LogP contribution in [0.25, 0.3) is 11.4 Å². The molecule has 10 nitrogen and oxygen atoms in total. The van der Waals surface area contributed by atoms with Crippen LogP contribution in [0.1, 0.15) is 34.4 Å². The monoisotopic (exact) mass is 478 g/mol. The number of hydrogen-bond acceptors (Lipinski definition) is 8. The number of aromatic nitrogens is 4. The van der Waals surface area contributed by atoms with E-state index in [9.17, 15) is 4.79 Å². The number of fused-ring (bicyclic) bond motifs is 1. The normalized spacial score (nSPS) is 17.3. The summed E-state index contributed by atoms with van der Waals surface area (Å²) in [7, 11) is 0. The average Bonchev–Trinajstić information content (AvgIpc) is 3.37. The number of nitrogens with zero attached hydrogens (tertiary/aromatic N) is 6. The first-order valence-corrected chi connectivity index (χ1v) is 12.1. The number of rotatable bonds is 6. The van der Waals surface area contributed by atoms with Crippen LogP contribution < -0.4 is 20.4 Å². The predicted molar refractivity (Wildman–Crippen MR) is 139 cm³/mol. The van der Waals surface area contributed by atoms with Crippen LogP contribution in [0.2, 0.25) is 0 Å². The third-order valence-electron chi connectivity index (χ3n) is 6.34. The van der Waals surface area contributed by atoms with Crippen molar-refractivity contribution in [3.8, 4) is 11.4 Å². The Morgan fingerprint density at radius 1 is 1.17 bits per heavy atom. The Labute approximate surface area is 207 Å². The lowest BCUT2D eigenvalue weighted by Gasteiger charge is -2.32. The summed E-state index contributed by atoms with van der Waals surface area (Å²) >= 11 is 0. The molecule has 186 valence electrons. The second-order valence-electron chi connectivity index (χ2n) is 8.61. The fourth-order valence-corrected chi connectivity index (χ4v) is 4.50. The summed E-state index contributed by atoms with van der Waals surface area (Å²) in [5.41, 5.74) is 3.75. The van der Waals surface area contributed by atoms with E-state index in [2.05, 4.69) is 37.3 Å². The molecule has 10 heteroatoms. The van der Waals surface area contributed by atoms with Crippen LogP contribution in [0.4, 0.5) is 22.2 Å². The molecule has 0 saturated carbocycles. The minimum Gasteiger partial charge on any atom is -0.359 e. The largest absolute Gasteiger partial charge is 0.359 e. The van der Waals surface area contributed by atoms with Crippen molar-refractivity contribution in [1.29, 1.82) is 0 Å². The first-order valence-electron chi connectivity index (χ1n) is 12.1. The van der Waals surface area contributed by atoms with E-state index >= 15 is 0 Å². The van der Waals surface area contributed by atoms with Gasteiger partial charge in [-0.3, -0.25) is 0 Å². The highest BCUT2D eigenvalue weighted by molar-refractivity contribution is 5.89. The molecule has 1 fully saturated rings. The molecule has 35 heavy (non-hydrogen) atoms. The van der Waals surface area contributed by atoms with E-state index in [-0.39, 0.29) is 8.88 Å². The first-order chi connectivity index (χ1) is 17.2. The predicted octanol–water partition coefficient (Wildman–Crippen LogP) is 3.70. The summed E-state index contributed by atoms with van der Waals surface area (Å²) in [5.74, 6) is 2.31. The lowest BCUT2D eigenvalue weighted by atomic mass is 10.0. The van der Waals surface area contributed by atoms with Crippen LogP contribution in [0.3, 0.4) is 0 Å². The van der Waals surface area contributed by atoms with Gasteiger partial charge in [0.1, 0.15) is 12.5 Å². The third kappa shape index (κ3) is 4.88. The number of carbonyl (C=O) groups excluding carboxylic acids is 1. The standard InChI is InChI=1S/C25H30N8O2.2H2/c1-3-19-15-35-16-33(19)23-20-10-13-32(24-27-11-5-12-28-24)14-21(20)30-22(31-23)17-6-8-18(9-7-17)29-25(34)26-4-2;;/h5-9,11-12,19H,3-4,10,13-16H2,1-2H3,(H2,26,29,34);2*1H. The highest BCUT2D eigenvalue weighted by Crippen LogP contribution is 2.33. The van der Waals surface area contributed by atoms with Gasteiger partial charge in [-0.2, -0.15) is 0 Å². The maximum Gasteiger partial charge on any atom is 0.319 e. The number of benzene rings is 1. The lowest BCUT2D eigenvalue weighted by Crippen LogP contribution is -2.37. The molecule has 1 unspecified atom stereocenters. The van der Waals surface area contributed by atoms with Crippen molar-refractivity contribution >= 4 is 23.5 Å². The number of nitrogens with one attached hydrogen (secondary N) is 2. The Kier molecular flexibility index (Phi) is 6.71. The highest BCUT2D eigenvalue weighted by atomic mass is 16.5. The third-order valence-corrected chi connectivity index (χ3v) is 6.34. The van der Waals surface area contributed by atoms with Gasteiger partial charge in [0.2, 0.25) is 5.95 Å². The zero-order valence-electron chi connectivity index (χ0n) is 20.1. The van der Waals surface area contributed by atoms with Crippen molar-refractivity contribution in [3.63, 3.8) is 0 Å². The molecule has 0 radical (unpaired) electrons. The lowest BCUT2D eigenvalue weighted by molar-refractivity contribution is 0.193. The number of ether oxygens (including phenoxy) is 1. The minimum absolute atomic E-state index is 0. The van der Waals surface area contributed by atoms with E-state index in [0.717, 1.165) is 36.5 Å². The fraction of sp³-hybridized carbons (Fsp3) is 0.400. The molecule has 1 atom stereocenters. The topological polar surface area (TPSA) is 108 Å². The summed E-state index contributed by atoms with van der Waals surface area (Å²) in [5, 5.41) is 5.56. The zero-order chi connectivity index (χ0) is 24.2. The van der Waals surface area contributed by atoms with Crippen molar-refractivity contribution in [2.24, 2.45) is 0 Å². The summed E-state index contributed by atoms with van der Waals surface area (Å²) in [6.45, 7) is 7.28. The molecule has 4 heterocycles. The summed E-state index contributed by atoms with van der Waals surface area (Å²) in [6.07, 6.45) is 5.32. The van der Waals surface area contributed by atoms with Gasteiger partial charge in [-0.15, -0.1) is 0 Å². The number of amides is 2. The minimum atomic E-state index is -0.226. The average molecular weight is 479 g/mol. The van der Waals surface area contributed by atoms with Gasteiger partial charge in [0, 0.05) is 45.2 Å². The van der Waals surface area contributed by atoms with Gasteiger partial charge in [0.25, 0.3) is 0 Å². The molecular weight excluding hydrogens is 444 g/mol. The Morgan fingerprint density at radius 3 is 2.71 bits per heavy atom. The highest BCUT2D eigenvalue weighted by Gasteiger charge is 2.31. The van der Waals surface area contributed by atoms with Crippen molar-refractivity contribution in [2.75, 3.05) is 41.5 Å². The SMILES string of the molecule is CCNC(=O)Nc1ccc(-c2nc3c(c(N4COCC4CC)n2)CCN(c2ncccn2)C3)cc1.[HH].[HH]. The van der Waals surface area contributed by atoms with Gasteiger partial charge >= 0.3 is 6.03 Å². The second-order valence-corrected chi connectivity index (χ2v) is 8.61. The molecular formula is C25H34N8O2. The van der Waals surface area contributed by atoms with Gasteiger partial charge in [-0.25, -0.2) is 24.7 Å². The van der Waals surface area contributed by atoms with Crippen molar-refractivity contribution in [3.05, 3.63) is 54.0 Å². The molecule has 2 aromatic heterocycles. The van der Waals surface area contributed by atoms with Crippen LogP contribution in [0.5, 0.6) is 0 Å². The van der Waals surface area contributed by atoms with Crippen molar-refractivity contribution in [1.82, 2.24) is 25.3 Å². The van der Waals surface area contributed by atoms with E-state index in [1.54, 1.807) is 12.4 Å². The maximum atomic E-state index is 11.8. The molecule has 2 N–H and O–H groups in total. The Morgan fingerprint density at radius 2 is 1.97 bits per heavy atom. The summed E-state index contributed by atoms with van der Waals surface area (Å²) < 4.78 is 5.80. The smallest absolute Gasteiger partial charge is 0.319 e. The van der Waals surface area contributed by atoms with Crippen molar-refractivity contribution < 1.29 is 12.4 Å². The fourth-order valence-electron chi connectivity index (χ4n) is 4.50. The zero-order valence-corrected chi connectivity index (χ0v) is 20.1. The van der Waals surface area contributed by atoms with Crippen LogP contribution in [-0.4, -0.2) is 58.4 Å². The van der Waals surface area contributed by atoms with Gasteiger partial charge in [-0.05, 0) is 50.1 Å². The molecule has 3 aromatic rings. The van der Waals surface area contributed by atoms with Crippen molar-refractivity contribution in [2.45, 2.75) is 39.3 Å². The van der Waals surface area contributed by atoms with Crippen LogP contribution >= 0.6 is 0 Å². The molecule has 2 aliphatic heterocycles. The summed E-state index contributed by atoms with van der Waals surface area (Å²) in [6, 6.07) is 9.49. The molecule has 0 spiro atoms. The number of anilines is 3. The molecule has 1 saturated heterocycles. The van der Waals surface area contributed by atoms with Gasteiger partial charge in [0.15, 0.2) is 5.82 Å². The molecule has 0 bridgehead atoms. The summed E-state index contributed by atoms with van der Waals surface area (Å²) in [4.78, 5) is 35.2. The number of carbonyl (C=O) groups is 1. The van der Waals surface area contributed by atoms with E-state index in [0.29, 0.717) is 49.9 Å². The van der Waals surface area contributed by atoms with Crippen LogP contribution in [0.15, 0.2) is 42.7 Å². The first kappa shape index (κ1) is 23.0. The number of urea groups is 1. The van der Waals surface area contributed by atoms with Gasteiger partial charge < -0.3 is 25.2 Å². The molecule has 2 amide bonds. The van der Waals surface area contributed by atoms with E-state index in [1.165, 1.54) is 5.56 Å². The van der Waals surface area contributed by atoms with E-state index in [4.69, 9.17) is 14.7 Å². The Hall–Kier alpha value is -3.79. The number of hydrogen-bond donors (Lipinski definition) is 2. The maximum absolute atomic E-state index is 11.8. The molecule has 2 aliphatic rings. The Balaban J connectivity index is 0.00000190. The molecule has 5 rings (SSSR count). The van der Waals surface area contributed by atoms with Gasteiger partial charge in [-0.1, -0.05) is 6.92 Å². The van der Waals surface area contributed by atoms with Crippen LogP contribution in [0, 0.1) is 0 Å². The molecule has 1 aromatic carbocycles. The Bertz CT molecular complexity index is 1180. The van der Waals surface area contributed by atoms with E-state index in [1.807, 2.05) is 37.3 Å².